The summed E-state index contributed by atoms with van der Waals surface area (Å²) in [6.07, 6.45) is 3.35. The van der Waals surface area contributed by atoms with Gasteiger partial charge in [0.25, 0.3) is 5.56 Å². The molecule has 0 unspecified atom stereocenters. The molecule has 1 aromatic carbocycles. The molecule has 0 bridgehead atoms. The number of hydrogen-bond donors (Lipinski definition) is 2. The Morgan fingerprint density at radius 3 is 2.64 bits per heavy atom. The summed E-state index contributed by atoms with van der Waals surface area (Å²) in [7, 11) is 0. The summed E-state index contributed by atoms with van der Waals surface area (Å²) in [5.74, 6) is -0.500. The third-order valence-electron chi connectivity index (χ3n) is 7.16. The van der Waals surface area contributed by atoms with E-state index in [1.165, 1.54) is 42.2 Å². The highest BCUT2D eigenvalue weighted by atomic mass is 32.1. The number of carbonyl (C=O) groups excluding carboxylic acids is 1. The molecule has 0 saturated carbocycles. The molecule has 1 amide bonds. The Hall–Kier alpha value is -3.74. The summed E-state index contributed by atoms with van der Waals surface area (Å²) in [6, 6.07) is 6.78. The lowest BCUT2D eigenvalue weighted by molar-refractivity contribution is -0.125. The first-order valence-corrected chi connectivity index (χ1v) is 13.4. The van der Waals surface area contributed by atoms with Crippen molar-refractivity contribution in [3.05, 3.63) is 68.7 Å². The second-order valence-corrected chi connectivity index (χ2v) is 11.0. The van der Waals surface area contributed by atoms with Crippen LogP contribution in [0, 0.1) is 6.92 Å². The van der Waals surface area contributed by atoms with Gasteiger partial charge in [0.2, 0.25) is 11.8 Å². The predicted molar refractivity (Wildman–Crippen MR) is 145 cm³/mol. The number of phenols is 1. The van der Waals surface area contributed by atoms with Gasteiger partial charge in [0.15, 0.2) is 0 Å². The molecule has 11 nitrogen and oxygen atoms in total. The second kappa shape index (κ2) is 10.4. The zero-order valence-electron chi connectivity index (χ0n) is 21.9. The van der Waals surface area contributed by atoms with Crippen molar-refractivity contribution in [2.45, 2.75) is 57.9 Å². The van der Waals surface area contributed by atoms with Crippen LogP contribution in [0.5, 0.6) is 5.75 Å². The minimum absolute atomic E-state index is 0.0208. The fraction of sp³-hybridized carbons (Fsp3) is 0.407. The van der Waals surface area contributed by atoms with Gasteiger partial charge in [-0.25, -0.2) is 14.3 Å². The van der Waals surface area contributed by atoms with Crippen LogP contribution in [0.4, 0.5) is 0 Å². The number of amides is 1. The summed E-state index contributed by atoms with van der Waals surface area (Å²) in [4.78, 5) is 45.5. The molecule has 5 rings (SSSR count). The van der Waals surface area contributed by atoms with Crippen LogP contribution >= 0.6 is 11.3 Å². The Balaban J connectivity index is 1.75. The standard InChI is InChI=1S/C27H30N4O7S/c1-15-20-23(33)31(27(2,3)25(28)34)26(35)30(24(20)39-21(15)22-29-10-13-37-22)14-19(17-6-4-5-7-18(17)32)38-16-8-11-36-12-9-16/h4-7,10,13,16,19,32H,8-9,11-12,14H2,1-3H3,(H2,28,34)/t19-/m1/s1. The summed E-state index contributed by atoms with van der Waals surface area (Å²) in [5, 5.41) is 11.0. The van der Waals surface area contributed by atoms with E-state index in [0.29, 0.717) is 52.8 Å². The maximum Gasteiger partial charge on any atom is 0.333 e. The molecular formula is C27H30N4O7S. The van der Waals surface area contributed by atoms with E-state index in [2.05, 4.69) is 4.98 Å². The molecule has 4 heterocycles. The fourth-order valence-electron chi connectivity index (χ4n) is 4.83. The minimum atomic E-state index is -1.62. The number of aryl methyl sites for hydroxylation is 1. The smallest absolute Gasteiger partial charge is 0.333 e. The van der Waals surface area contributed by atoms with Gasteiger partial charge in [-0.1, -0.05) is 18.2 Å². The van der Waals surface area contributed by atoms with E-state index in [0.717, 1.165) is 4.57 Å². The summed E-state index contributed by atoms with van der Waals surface area (Å²) in [5.41, 5.74) is 3.75. The molecule has 0 spiro atoms. The predicted octanol–water partition coefficient (Wildman–Crippen LogP) is 3.05. The van der Waals surface area contributed by atoms with E-state index < -0.39 is 28.8 Å². The van der Waals surface area contributed by atoms with Crippen LogP contribution in [0.1, 0.15) is 43.9 Å². The number of nitrogens with zero attached hydrogens (tertiary/aromatic N) is 3. The number of thiophene rings is 1. The molecule has 0 radical (unpaired) electrons. The Morgan fingerprint density at radius 2 is 2.00 bits per heavy atom. The lowest BCUT2D eigenvalue weighted by Crippen LogP contribution is -2.54. The third kappa shape index (κ3) is 4.79. The minimum Gasteiger partial charge on any atom is -0.508 e. The van der Waals surface area contributed by atoms with Gasteiger partial charge in [0.1, 0.15) is 28.5 Å². The van der Waals surface area contributed by atoms with Gasteiger partial charge in [0, 0.05) is 18.8 Å². The van der Waals surface area contributed by atoms with Gasteiger partial charge in [-0.2, -0.15) is 0 Å². The number of primary amides is 1. The zero-order valence-corrected chi connectivity index (χ0v) is 22.7. The molecule has 39 heavy (non-hydrogen) atoms. The number of fused-ring (bicyclic) bond motifs is 1. The van der Waals surface area contributed by atoms with Crippen LogP contribution in [-0.2, 0) is 26.4 Å². The Labute approximate surface area is 227 Å². The zero-order chi connectivity index (χ0) is 27.9. The van der Waals surface area contributed by atoms with E-state index in [1.807, 2.05) is 0 Å². The molecule has 206 valence electrons. The maximum atomic E-state index is 14.1. The number of ether oxygens (including phenoxy) is 2. The molecule has 1 saturated heterocycles. The Kier molecular flexibility index (Phi) is 7.19. The summed E-state index contributed by atoms with van der Waals surface area (Å²) >= 11 is 1.19. The molecule has 1 fully saturated rings. The molecule has 1 aliphatic rings. The molecule has 1 aliphatic heterocycles. The van der Waals surface area contributed by atoms with E-state index in [-0.39, 0.29) is 23.8 Å². The molecule has 1 atom stereocenters. The van der Waals surface area contributed by atoms with Crippen LogP contribution in [0.25, 0.3) is 21.0 Å². The lowest BCUT2D eigenvalue weighted by atomic mass is 10.0. The van der Waals surface area contributed by atoms with E-state index in [9.17, 15) is 19.5 Å². The van der Waals surface area contributed by atoms with E-state index in [4.69, 9.17) is 19.6 Å². The van der Waals surface area contributed by atoms with Crippen molar-refractivity contribution in [1.29, 1.82) is 0 Å². The number of benzene rings is 1. The van der Waals surface area contributed by atoms with Crippen molar-refractivity contribution in [2.75, 3.05) is 13.2 Å². The second-order valence-electron chi connectivity index (χ2n) is 10.0. The highest BCUT2D eigenvalue weighted by Crippen LogP contribution is 2.37. The molecule has 0 aliphatic carbocycles. The SMILES string of the molecule is Cc1c(-c2ncco2)sc2c1c(=O)n(C(C)(C)C(N)=O)c(=O)n2C[C@@H](OC1CCOCC1)c1ccccc1O. The average molecular weight is 555 g/mol. The van der Waals surface area contributed by atoms with Gasteiger partial charge >= 0.3 is 5.69 Å². The number of aromatic hydroxyl groups is 1. The highest BCUT2D eigenvalue weighted by Gasteiger charge is 2.35. The van der Waals surface area contributed by atoms with Crippen LogP contribution in [0.2, 0.25) is 0 Å². The van der Waals surface area contributed by atoms with Gasteiger partial charge in [-0.3, -0.25) is 14.2 Å². The Morgan fingerprint density at radius 1 is 1.28 bits per heavy atom. The highest BCUT2D eigenvalue weighted by molar-refractivity contribution is 7.22. The number of hydrogen-bond acceptors (Lipinski definition) is 9. The van der Waals surface area contributed by atoms with Crippen molar-refractivity contribution >= 4 is 27.5 Å². The van der Waals surface area contributed by atoms with Crippen molar-refractivity contribution in [2.24, 2.45) is 5.73 Å². The van der Waals surface area contributed by atoms with Crippen LogP contribution in [-0.4, -0.2) is 44.4 Å². The first-order chi connectivity index (χ1) is 18.6. The van der Waals surface area contributed by atoms with Crippen LogP contribution < -0.4 is 17.0 Å². The number of para-hydroxylation sites is 1. The van der Waals surface area contributed by atoms with Crippen molar-refractivity contribution in [3.8, 4) is 16.5 Å². The average Bonchev–Trinajstić information content (AvgIpc) is 3.55. The summed E-state index contributed by atoms with van der Waals surface area (Å²) < 4.78 is 19.8. The largest absolute Gasteiger partial charge is 0.508 e. The quantitative estimate of drug-likeness (QED) is 0.337. The molecular weight excluding hydrogens is 524 g/mol. The normalized spacial score (nSPS) is 15.6. The van der Waals surface area contributed by atoms with Gasteiger partial charge < -0.3 is 24.7 Å². The van der Waals surface area contributed by atoms with Gasteiger partial charge in [-0.05, 0) is 45.2 Å². The Bertz CT molecular complexity index is 1630. The first-order valence-electron chi connectivity index (χ1n) is 12.6. The first kappa shape index (κ1) is 26.9. The van der Waals surface area contributed by atoms with Crippen LogP contribution in [0.15, 0.2) is 50.7 Å². The topological polar surface area (TPSA) is 152 Å². The number of rotatable bonds is 8. The lowest BCUT2D eigenvalue weighted by Gasteiger charge is -2.30. The van der Waals surface area contributed by atoms with Gasteiger partial charge in [-0.15, -0.1) is 11.3 Å². The number of aromatic nitrogens is 3. The molecule has 4 aromatic rings. The third-order valence-corrected chi connectivity index (χ3v) is 8.46. The van der Waals surface area contributed by atoms with Crippen molar-refractivity contribution in [1.82, 2.24) is 14.1 Å². The van der Waals surface area contributed by atoms with E-state index >= 15 is 0 Å². The van der Waals surface area contributed by atoms with Crippen LogP contribution in [0.3, 0.4) is 0 Å². The van der Waals surface area contributed by atoms with Gasteiger partial charge in [0.05, 0.1) is 29.1 Å². The molecule has 12 heteroatoms. The number of phenolic OH excluding ortho intramolecular Hbond substituents is 1. The van der Waals surface area contributed by atoms with Crippen molar-refractivity contribution in [3.63, 3.8) is 0 Å². The maximum absolute atomic E-state index is 14.1. The molecule has 3 aromatic heterocycles. The number of carbonyl (C=O) groups is 1. The number of nitrogens with two attached hydrogens (primary N) is 1. The summed E-state index contributed by atoms with van der Waals surface area (Å²) in [6.45, 7) is 5.67. The van der Waals surface area contributed by atoms with E-state index in [1.54, 1.807) is 31.2 Å². The van der Waals surface area contributed by atoms with Crippen molar-refractivity contribution < 1.29 is 23.8 Å². The monoisotopic (exact) mass is 554 g/mol. The fourth-order valence-corrected chi connectivity index (χ4v) is 6.08. The number of oxazole rings is 1. The molecule has 3 N–H and O–H groups in total.